The molecule has 2 rings (SSSR count). The minimum Gasteiger partial charge on any atom is -0.481 e. The van der Waals surface area contributed by atoms with Crippen molar-refractivity contribution in [3.63, 3.8) is 0 Å². The second-order valence-electron chi connectivity index (χ2n) is 5.51. The Balaban J connectivity index is 2.18. The molecule has 1 aliphatic carbocycles. The normalized spacial score (nSPS) is 17.4. The van der Waals surface area contributed by atoms with Crippen LogP contribution in [0.1, 0.15) is 54.3 Å². The van der Waals surface area contributed by atoms with Crippen LogP contribution in [-0.2, 0) is 11.2 Å². The maximum absolute atomic E-state index is 12.3. The van der Waals surface area contributed by atoms with Gasteiger partial charge in [0, 0.05) is 11.1 Å². The highest BCUT2D eigenvalue weighted by atomic mass is 16.4. The SMILES string of the molecule is Cc1coc(CC(=O)O)c1C(=O)NC1(C)CCCC1. The van der Waals surface area contributed by atoms with Gasteiger partial charge in [-0.1, -0.05) is 12.8 Å². The van der Waals surface area contributed by atoms with Crippen LogP contribution < -0.4 is 5.32 Å². The quantitative estimate of drug-likeness (QED) is 0.875. The summed E-state index contributed by atoms with van der Waals surface area (Å²) in [7, 11) is 0. The van der Waals surface area contributed by atoms with E-state index in [9.17, 15) is 9.59 Å². The summed E-state index contributed by atoms with van der Waals surface area (Å²) in [4.78, 5) is 23.1. The molecule has 0 aliphatic heterocycles. The van der Waals surface area contributed by atoms with E-state index in [1.165, 1.54) is 6.26 Å². The lowest BCUT2D eigenvalue weighted by molar-refractivity contribution is -0.136. The first-order valence-corrected chi connectivity index (χ1v) is 6.52. The van der Waals surface area contributed by atoms with Gasteiger partial charge in [0.25, 0.3) is 5.91 Å². The Morgan fingerprint density at radius 1 is 1.42 bits per heavy atom. The molecule has 104 valence electrons. The van der Waals surface area contributed by atoms with E-state index < -0.39 is 5.97 Å². The van der Waals surface area contributed by atoms with Gasteiger partial charge in [0.05, 0.1) is 11.8 Å². The van der Waals surface area contributed by atoms with E-state index in [0.717, 1.165) is 25.7 Å². The standard InChI is InChI=1S/C14H19NO4/c1-9-8-19-10(7-11(16)17)12(9)13(18)15-14(2)5-3-4-6-14/h8H,3-7H2,1-2H3,(H,15,18)(H,16,17). The summed E-state index contributed by atoms with van der Waals surface area (Å²) in [6.07, 6.45) is 5.32. The van der Waals surface area contributed by atoms with Gasteiger partial charge in [-0.25, -0.2) is 0 Å². The summed E-state index contributed by atoms with van der Waals surface area (Å²) in [6.45, 7) is 3.78. The Morgan fingerprint density at radius 2 is 2.05 bits per heavy atom. The van der Waals surface area contributed by atoms with Crippen molar-refractivity contribution in [2.75, 3.05) is 0 Å². The predicted molar refractivity (Wildman–Crippen MR) is 69.1 cm³/mol. The Morgan fingerprint density at radius 3 is 2.63 bits per heavy atom. The molecule has 1 aromatic heterocycles. The third-order valence-electron chi connectivity index (χ3n) is 3.71. The van der Waals surface area contributed by atoms with Crippen LogP contribution >= 0.6 is 0 Å². The van der Waals surface area contributed by atoms with E-state index in [0.29, 0.717) is 11.1 Å². The molecular formula is C14H19NO4. The first-order valence-electron chi connectivity index (χ1n) is 6.52. The molecule has 1 aliphatic rings. The van der Waals surface area contributed by atoms with Crippen molar-refractivity contribution in [3.05, 3.63) is 23.2 Å². The number of amides is 1. The number of furan rings is 1. The Kier molecular flexibility index (Phi) is 3.64. The highest BCUT2D eigenvalue weighted by molar-refractivity contribution is 5.97. The summed E-state index contributed by atoms with van der Waals surface area (Å²) in [6, 6.07) is 0. The largest absolute Gasteiger partial charge is 0.481 e. The van der Waals surface area contributed by atoms with Gasteiger partial charge in [0.15, 0.2) is 0 Å². The molecule has 2 N–H and O–H groups in total. The Bertz CT molecular complexity index is 498. The van der Waals surface area contributed by atoms with Gasteiger partial charge in [0.1, 0.15) is 12.2 Å². The van der Waals surface area contributed by atoms with E-state index >= 15 is 0 Å². The lowest BCUT2D eigenvalue weighted by atomic mass is 9.99. The lowest BCUT2D eigenvalue weighted by Crippen LogP contribution is -2.44. The Labute approximate surface area is 112 Å². The highest BCUT2D eigenvalue weighted by Gasteiger charge is 2.32. The molecule has 19 heavy (non-hydrogen) atoms. The second-order valence-corrected chi connectivity index (χ2v) is 5.51. The molecule has 1 heterocycles. The average molecular weight is 265 g/mol. The smallest absolute Gasteiger partial charge is 0.311 e. The fraction of sp³-hybridized carbons (Fsp3) is 0.571. The number of aliphatic carboxylic acids is 1. The zero-order valence-corrected chi connectivity index (χ0v) is 11.3. The topological polar surface area (TPSA) is 79.5 Å². The number of aryl methyl sites for hydroxylation is 1. The molecule has 0 unspecified atom stereocenters. The molecule has 0 radical (unpaired) electrons. The van der Waals surface area contributed by atoms with E-state index in [2.05, 4.69) is 5.32 Å². The van der Waals surface area contributed by atoms with Crippen molar-refractivity contribution in [2.24, 2.45) is 0 Å². The first kappa shape index (κ1) is 13.6. The van der Waals surface area contributed by atoms with E-state index in [-0.39, 0.29) is 23.6 Å². The molecule has 1 saturated carbocycles. The highest BCUT2D eigenvalue weighted by Crippen LogP contribution is 2.30. The van der Waals surface area contributed by atoms with E-state index in [1.54, 1.807) is 6.92 Å². The van der Waals surface area contributed by atoms with Gasteiger partial charge in [-0.15, -0.1) is 0 Å². The molecule has 0 aromatic carbocycles. The van der Waals surface area contributed by atoms with Gasteiger partial charge in [-0.3, -0.25) is 9.59 Å². The molecule has 0 saturated heterocycles. The summed E-state index contributed by atoms with van der Waals surface area (Å²) in [5, 5.41) is 11.8. The van der Waals surface area contributed by atoms with Crippen molar-refractivity contribution in [2.45, 2.75) is 51.5 Å². The van der Waals surface area contributed by atoms with Gasteiger partial charge in [0.2, 0.25) is 0 Å². The fourth-order valence-electron chi connectivity index (χ4n) is 2.69. The fourth-order valence-corrected chi connectivity index (χ4v) is 2.69. The van der Waals surface area contributed by atoms with Crippen molar-refractivity contribution in [1.82, 2.24) is 5.32 Å². The zero-order chi connectivity index (χ0) is 14.0. The van der Waals surface area contributed by atoms with Crippen molar-refractivity contribution in [1.29, 1.82) is 0 Å². The third-order valence-corrected chi connectivity index (χ3v) is 3.71. The van der Waals surface area contributed by atoms with Crippen molar-refractivity contribution >= 4 is 11.9 Å². The number of hydrogen-bond acceptors (Lipinski definition) is 3. The van der Waals surface area contributed by atoms with Gasteiger partial charge >= 0.3 is 5.97 Å². The van der Waals surface area contributed by atoms with Crippen LogP contribution in [0.15, 0.2) is 10.7 Å². The maximum Gasteiger partial charge on any atom is 0.311 e. The zero-order valence-electron chi connectivity index (χ0n) is 11.3. The number of carboxylic acids is 1. The van der Waals surface area contributed by atoms with Crippen molar-refractivity contribution in [3.8, 4) is 0 Å². The van der Waals surface area contributed by atoms with Crippen LogP contribution in [-0.4, -0.2) is 22.5 Å². The molecule has 0 atom stereocenters. The second kappa shape index (κ2) is 5.07. The number of carbonyl (C=O) groups excluding carboxylic acids is 1. The minimum absolute atomic E-state index is 0.179. The first-order chi connectivity index (χ1) is 8.91. The summed E-state index contributed by atoms with van der Waals surface area (Å²) >= 11 is 0. The van der Waals surface area contributed by atoms with Gasteiger partial charge in [-0.2, -0.15) is 0 Å². The molecule has 1 fully saturated rings. The molecule has 1 aromatic rings. The molecular weight excluding hydrogens is 246 g/mol. The molecule has 5 nitrogen and oxygen atoms in total. The average Bonchev–Trinajstić information content (AvgIpc) is 2.85. The van der Waals surface area contributed by atoms with Crippen LogP contribution in [0.4, 0.5) is 0 Å². The number of carbonyl (C=O) groups is 2. The predicted octanol–water partition coefficient (Wildman–Crippen LogP) is 2.28. The monoisotopic (exact) mass is 265 g/mol. The summed E-state index contributed by atoms with van der Waals surface area (Å²) in [5.74, 6) is -1.01. The van der Waals surface area contributed by atoms with Crippen LogP contribution in [0.25, 0.3) is 0 Å². The van der Waals surface area contributed by atoms with Gasteiger partial charge < -0.3 is 14.8 Å². The van der Waals surface area contributed by atoms with Crippen LogP contribution in [0.2, 0.25) is 0 Å². The number of rotatable bonds is 4. The Hall–Kier alpha value is -1.78. The van der Waals surface area contributed by atoms with Gasteiger partial charge in [-0.05, 0) is 26.7 Å². The van der Waals surface area contributed by atoms with Crippen LogP contribution in [0.3, 0.4) is 0 Å². The van der Waals surface area contributed by atoms with E-state index in [4.69, 9.17) is 9.52 Å². The number of nitrogens with one attached hydrogen (secondary N) is 1. The molecule has 0 spiro atoms. The molecule has 1 amide bonds. The molecule has 0 bridgehead atoms. The lowest BCUT2D eigenvalue weighted by Gasteiger charge is -2.25. The molecule has 5 heteroatoms. The van der Waals surface area contributed by atoms with Crippen LogP contribution in [0, 0.1) is 6.92 Å². The van der Waals surface area contributed by atoms with E-state index in [1.807, 2.05) is 6.92 Å². The third kappa shape index (κ3) is 2.97. The van der Waals surface area contributed by atoms with Crippen LogP contribution in [0.5, 0.6) is 0 Å². The number of hydrogen-bond donors (Lipinski definition) is 2. The number of carboxylic acid groups (broad SMARTS) is 1. The summed E-state index contributed by atoms with van der Waals surface area (Å²) in [5.41, 5.74) is 0.868. The maximum atomic E-state index is 12.3. The summed E-state index contributed by atoms with van der Waals surface area (Å²) < 4.78 is 5.18. The minimum atomic E-state index is -1.00. The van der Waals surface area contributed by atoms with Crippen molar-refractivity contribution < 1.29 is 19.1 Å².